The van der Waals surface area contributed by atoms with E-state index < -0.39 is 0 Å². The van der Waals surface area contributed by atoms with E-state index in [9.17, 15) is 0 Å². The van der Waals surface area contributed by atoms with Gasteiger partial charge in [0.15, 0.2) is 0 Å². The van der Waals surface area contributed by atoms with Gasteiger partial charge < -0.3 is 5.32 Å². The van der Waals surface area contributed by atoms with E-state index in [2.05, 4.69) is 80.7 Å². The Hall–Kier alpha value is -1.60. The van der Waals surface area contributed by atoms with Gasteiger partial charge in [-0.3, -0.25) is 0 Å². The summed E-state index contributed by atoms with van der Waals surface area (Å²) in [4.78, 5) is 0. The summed E-state index contributed by atoms with van der Waals surface area (Å²) in [5, 5.41) is 3.57. The normalized spacial score (nSPS) is 11.6. The third kappa shape index (κ3) is 3.94. The van der Waals surface area contributed by atoms with Crippen molar-refractivity contribution in [1.82, 2.24) is 5.32 Å². The lowest BCUT2D eigenvalue weighted by atomic mass is 9.84. The molecule has 1 heteroatoms. The summed E-state index contributed by atoms with van der Waals surface area (Å²) in [6.07, 6.45) is 1.10. The Morgan fingerprint density at radius 2 is 1.50 bits per heavy atom. The third-order valence-corrected chi connectivity index (χ3v) is 3.88. The molecule has 0 aliphatic carbocycles. The molecule has 20 heavy (non-hydrogen) atoms. The monoisotopic (exact) mass is 267 g/mol. The van der Waals surface area contributed by atoms with E-state index in [1.807, 2.05) is 0 Å². The molecule has 0 spiro atoms. The largest absolute Gasteiger partial charge is 0.312 e. The molecule has 2 rings (SSSR count). The number of aryl methyl sites for hydroxylation is 1. The second-order valence-electron chi connectivity index (χ2n) is 6.02. The Bertz CT molecular complexity index is 511. The van der Waals surface area contributed by atoms with E-state index in [1.54, 1.807) is 0 Å². The highest BCUT2D eigenvalue weighted by molar-refractivity contribution is 5.28. The molecule has 0 aliphatic heterocycles. The van der Waals surface area contributed by atoms with Crippen LogP contribution in [-0.2, 0) is 18.4 Å². The van der Waals surface area contributed by atoms with Crippen LogP contribution in [0, 0.1) is 0 Å². The first-order valence-corrected chi connectivity index (χ1v) is 7.46. The van der Waals surface area contributed by atoms with Crippen LogP contribution in [0.2, 0.25) is 0 Å². The fraction of sp³-hybridized carbons (Fsp3) is 0.368. The van der Waals surface area contributed by atoms with Crippen molar-refractivity contribution in [3.63, 3.8) is 0 Å². The highest BCUT2D eigenvalue weighted by atomic mass is 14.9. The topological polar surface area (TPSA) is 12.0 Å². The Morgan fingerprint density at radius 3 is 2.10 bits per heavy atom. The fourth-order valence-electron chi connectivity index (χ4n) is 2.41. The first-order valence-electron chi connectivity index (χ1n) is 7.46. The summed E-state index contributed by atoms with van der Waals surface area (Å²) in [5.74, 6) is 0. The smallest absolute Gasteiger partial charge is 0.0205 e. The van der Waals surface area contributed by atoms with Gasteiger partial charge in [-0.25, -0.2) is 0 Å². The van der Waals surface area contributed by atoms with Crippen LogP contribution in [0.4, 0.5) is 0 Å². The number of benzene rings is 2. The van der Waals surface area contributed by atoms with Crippen LogP contribution in [0.25, 0.3) is 0 Å². The van der Waals surface area contributed by atoms with Gasteiger partial charge in [0.25, 0.3) is 0 Å². The summed E-state index contributed by atoms with van der Waals surface area (Å²) < 4.78 is 0. The van der Waals surface area contributed by atoms with Gasteiger partial charge in [0.1, 0.15) is 0 Å². The maximum Gasteiger partial charge on any atom is 0.0205 e. The molecule has 0 saturated carbocycles. The molecule has 106 valence electrons. The van der Waals surface area contributed by atoms with Crippen molar-refractivity contribution < 1.29 is 0 Å². The Kier molecular flexibility index (Phi) is 4.97. The predicted octanol–water partition coefficient (Wildman–Crippen LogP) is 4.32. The molecule has 0 bridgehead atoms. The van der Waals surface area contributed by atoms with Gasteiger partial charge in [0.05, 0.1) is 0 Å². The van der Waals surface area contributed by atoms with Crippen molar-refractivity contribution in [2.45, 2.75) is 39.2 Å². The van der Waals surface area contributed by atoms with E-state index in [1.165, 1.54) is 16.7 Å². The van der Waals surface area contributed by atoms with E-state index in [0.29, 0.717) is 0 Å². The number of hydrogen-bond donors (Lipinski definition) is 1. The van der Waals surface area contributed by atoms with Crippen LogP contribution in [0.1, 0.15) is 37.5 Å². The Morgan fingerprint density at radius 1 is 0.850 bits per heavy atom. The number of hydrogen-bond acceptors (Lipinski definition) is 1. The Balaban J connectivity index is 1.92. The number of nitrogens with one attached hydrogen (secondary N) is 1. The van der Waals surface area contributed by atoms with Crippen molar-refractivity contribution in [3.8, 4) is 0 Å². The second kappa shape index (κ2) is 6.71. The first-order chi connectivity index (χ1) is 9.62. The molecule has 0 amide bonds. The van der Waals surface area contributed by atoms with Crippen molar-refractivity contribution in [3.05, 3.63) is 71.3 Å². The minimum Gasteiger partial charge on any atom is -0.312 e. The zero-order chi connectivity index (χ0) is 14.4. The lowest BCUT2D eigenvalue weighted by Gasteiger charge is -2.26. The van der Waals surface area contributed by atoms with Crippen LogP contribution >= 0.6 is 0 Å². The summed E-state index contributed by atoms with van der Waals surface area (Å²) >= 11 is 0. The highest BCUT2D eigenvalue weighted by Crippen LogP contribution is 2.23. The van der Waals surface area contributed by atoms with Crippen LogP contribution in [0.15, 0.2) is 54.6 Å². The molecular formula is C19H25N. The fourth-order valence-corrected chi connectivity index (χ4v) is 2.41. The van der Waals surface area contributed by atoms with Gasteiger partial charge in [0.2, 0.25) is 0 Å². The molecule has 0 aromatic heterocycles. The SMILES string of the molecule is CCc1ccc(C(C)(C)CNCc2ccccc2)cc1. The van der Waals surface area contributed by atoms with E-state index in [4.69, 9.17) is 0 Å². The molecule has 0 heterocycles. The maximum absolute atomic E-state index is 3.57. The maximum atomic E-state index is 3.57. The van der Waals surface area contributed by atoms with Crippen LogP contribution in [0.3, 0.4) is 0 Å². The van der Waals surface area contributed by atoms with Gasteiger partial charge in [-0.05, 0) is 23.1 Å². The molecular weight excluding hydrogens is 242 g/mol. The molecule has 0 unspecified atom stereocenters. The summed E-state index contributed by atoms with van der Waals surface area (Å²) in [5.41, 5.74) is 4.29. The van der Waals surface area contributed by atoms with Gasteiger partial charge in [-0.1, -0.05) is 75.4 Å². The van der Waals surface area contributed by atoms with Crippen molar-refractivity contribution in [2.75, 3.05) is 6.54 Å². The zero-order valence-corrected chi connectivity index (χ0v) is 12.8. The molecule has 0 radical (unpaired) electrons. The predicted molar refractivity (Wildman–Crippen MR) is 87.0 cm³/mol. The molecule has 0 fully saturated rings. The molecule has 1 N–H and O–H groups in total. The quantitative estimate of drug-likeness (QED) is 0.822. The average molecular weight is 267 g/mol. The van der Waals surface area contributed by atoms with Gasteiger partial charge >= 0.3 is 0 Å². The summed E-state index contributed by atoms with van der Waals surface area (Å²) in [6.45, 7) is 8.70. The van der Waals surface area contributed by atoms with Gasteiger partial charge in [0, 0.05) is 18.5 Å². The van der Waals surface area contributed by atoms with E-state index in [0.717, 1.165) is 19.5 Å². The molecule has 2 aromatic carbocycles. The second-order valence-corrected chi connectivity index (χ2v) is 6.02. The molecule has 0 atom stereocenters. The highest BCUT2D eigenvalue weighted by Gasteiger charge is 2.19. The standard InChI is InChI=1S/C19H25N/c1-4-16-10-12-18(13-11-16)19(2,3)15-20-14-17-8-6-5-7-9-17/h5-13,20H,4,14-15H2,1-3H3. The zero-order valence-electron chi connectivity index (χ0n) is 12.8. The van der Waals surface area contributed by atoms with Gasteiger partial charge in [-0.15, -0.1) is 0 Å². The van der Waals surface area contributed by atoms with E-state index in [-0.39, 0.29) is 5.41 Å². The Labute approximate surface area is 123 Å². The average Bonchev–Trinajstić information content (AvgIpc) is 2.48. The van der Waals surface area contributed by atoms with Crippen molar-refractivity contribution in [1.29, 1.82) is 0 Å². The minimum absolute atomic E-state index is 0.154. The van der Waals surface area contributed by atoms with E-state index >= 15 is 0 Å². The molecule has 0 saturated heterocycles. The third-order valence-electron chi connectivity index (χ3n) is 3.88. The van der Waals surface area contributed by atoms with Crippen molar-refractivity contribution in [2.24, 2.45) is 0 Å². The number of rotatable bonds is 6. The molecule has 1 nitrogen and oxygen atoms in total. The lowest BCUT2D eigenvalue weighted by Crippen LogP contribution is -2.32. The van der Waals surface area contributed by atoms with Crippen LogP contribution < -0.4 is 5.32 Å². The minimum atomic E-state index is 0.154. The first kappa shape index (κ1) is 14.8. The van der Waals surface area contributed by atoms with Crippen LogP contribution in [0.5, 0.6) is 0 Å². The summed E-state index contributed by atoms with van der Waals surface area (Å²) in [7, 11) is 0. The van der Waals surface area contributed by atoms with Crippen LogP contribution in [-0.4, -0.2) is 6.54 Å². The van der Waals surface area contributed by atoms with Gasteiger partial charge in [-0.2, -0.15) is 0 Å². The summed E-state index contributed by atoms with van der Waals surface area (Å²) in [6, 6.07) is 19.6. The van der Waals surface area contributed by atoms with Crippen molar-refractivity contribution >= 4 is 0 Å². The lowest BCUT2D eigenvalue weighted by molar-refractivity contribution is 0.469. The molecule has 2 aromatic rings. The molecule has 0 aliphatic rings.